The minimum absolute atomic E-state index is 0.00589. The summed E-state index contributed by atoms with van der Waals surface area (Å²) < 4.78 is 28.4. The second-order valence-corrected chi connectivity index (χ2v) is 22.3. The van der Waals surface area contributed by atoms with E-state index < -0.39 is 41.4 Å². The van der Waals surface area contributed by atoms with Crippen LogP contribution in [0.3, 0.4) is 0 Å². The number of hydrogen-bond donors (Lipinski definition) is 5. The molecule has 80 heavy (non-hydrogen) atoms. The number of nitrogen functional groups attached to an aromatic ring is 1. The summed E-state index contributed by atoms with van der Waals surface area (Å²) in [7, 11) is 3.29. The topological polar surface area (TPSA) is 252 Å². The molecule has 5 amide bonds. The van der Waals surface area contributed by atoms with Gasteiger partial charge in [-0.2, -0.15) is 10.4 Å². The van der Waals surface area contributed by atoms with Crippen molar-refractivity contribution in [3.63, 3.8) is 0 Å². The second-order valence-electron chi connectivity index (χ2n) is 22.3. The summed E-state index contributed by atoms with van der Waals surface area (Å²) in [6.45, 7) is 10.2. The van der Waals surface area contributed by atoms with E-state index in [-0.39, 0.29) is 84.5 Å². The van der Waals surface area contributed by atoms with Crippen LogP contribution in [0.4, 0.5) is 10.2 Å². The number of aromatic nitrogens is 4. The van der Waals surface area contributed by atoms with Gasteiger partial charge in [-0.1, -0.05) is 76.8 Å². The molecule has 2 aliphatic heterocycles. The molecule has 0 fully saturated rings. The van der Waals surface area contributed by atoms with Crippen LogP contribution in [-0.2, 0) is 51.7 Å². The molecule has 3 aliphatic rings. The third kappa shape index (κ3) is 13.7. The maximum Gasteiger partial charge on any atom is 0.258 e. The molecule has 4 heterocycles. The molecule has 0 saturated heterocycles. The predicted octanol–water partition coefficient (Wildman–Crippen LogP) is 7.17. The summed E-state index contributed by atoms with van der Waals surface area (Å²) in [6, 6.07) is 17.7. The molecule has 8 rings (SSSR count). The highest BCUT2D eigenvalue weighted by atomic mass is 19.1. The number of nitrogens with two attached hydrogens (primary N) is 1. The zero-order valence-electron chi connectivity index (χ0n) is 47.0. The molecular formula is C60H75FN12O7. The number of halogens is 1. The van der Waals surface area contributed by atoms with E-state index in [2.05, 4.69) is 54.5 Å². The summed E-state index contributed by atoms with van der Waals surface area (Å²) in [5.74, 6) is -1.27. The van der Waals surface area contributed by atoms with Crippen LogP contribution in [0.25, 0.3) is 11.3 Å². The number of fused-ring (bicyclic) bond motifs is 7. The van der Waals surface area contributed by atoms with Crippen molar-refractivity contribution in [1.82, 2.24) is 50.8 Å². The van der Waals surface area contributed by atoms with Crippen LogP contribution in [-0.4, -0.2) is 104 Å². The number of amides is 5. The molecule has 1 aliphatic carbocycles. The lowest BCUT2D eigenvalue weighted by Gasteiger charge is -2.41. The second kappa shape index (κ2) is 25.9. The zero-order valence-corrected chi connectivity index (χ0v) is 47.0. The molecule has 0 radical (unpaired) electrons. The summed E-state index contributed by atoms with van der Waals surface area (Å²) in [5.41, 5.74) is 11.3. The van der Waals surface area contributed by atoms with Crippen LogP contribution in [0.2, 0.25) is 0 Å². The Morgan fingerprint density at radius 2 is 1.74 bits per heavy atom. The van der Waals surface area contributed by atoms with Gasteiger partial charge in [0.25, 0.3) is 11.8 Å². The zero-order chi connectivity index (χ0) is 57.3. The summed E-state index contributed by atoms with van der Waals surface area (Å²) in [4.78, 5) is 81.2. The fourth-order valence-electron chi connectivity index (χ4n) is 10.8. The number of nitrogens with one attached hydrogen (secondary N) is 4. The van der Waals surface area contributed by atoms with Gasteiger partial charge in [-0.25, -0.2) is 14.4 Å². The molecule has 5 atom stereocenters. The van der Waals surface area contributed by atoms with Gasteiger partial charge in [0.15, 0.2) is 11.5 Å². The number of nitriles is 1. The first-order valence-electron chi connectivity index (χ1n) is 27.9. The Kier molecular flexibility index (Phi) is 18.9. The number of nitrogens with zero attached hydrogens (tertiary/aromatic N) is 7. The van der Waals surface area contributed by atoms with E-state index in [4.69, 9.17) is 15.2 Å². The van der Waals surface area contributed by atoms with Crippen LogP contribution in [0.1, 0.15) is 154 Å². The standard InChI is InChI=1S/C60H75FN12O7/c1-36(64-6)55(75)69-53(60(3,4)5)59(78)72-34-40-29-42(24-22-39(40)30-49(72)56(76)67-46-20-16-18-38-17-13-14-19-43(38)46)79-28-15-11-9-8-10-12-21-51(74)65-26-27-73-50-35-71(7)58(77)44-25-23-41(61)31-45(44)37(2)80-57-54(63)66-33-48(68-57)52(50)47(32-62)70-73/h13-14,17,19,22-25,29,31,33,36-37,46,49,53,64H,8-12,15-16,18,20-21,26-28,30,34-35H2,1-7H3,(H2,63,66)(H,65,74)(H,67,76)(H,69,75)/t36-,37-,46+,49-,53+/m1/s1. The largest absolute Gasteiger partial charge is 0.494 e. The first kappa shape index (κ1) is 58.2. The number of unbranched alkanes of at least 4 members (excludes halogenated alkanes) is 5. The SMILES string of the molecule is CN[C@H](C)C(=O)N[C@@H](C(=O)N1Cc2cc(OCCCCCCCCC(=O)NCCn3nc(C#N)c4c3CN(C)C(=O)c3ccc(F)cc3[C@@H](C)Oc3nc-4cnc3N)ccc2C[C@@H]1C(=O)N[C@H]1CCCc2ccccc21)C(C)(C)C. The summed E-state index contributed by atoms with van der Waals surface area (Å²) in [6.07, 6.45) is 9.23. The van der Waals surface area contributed by atoms with Gasteiger partial charge >= 0.3 is 0 Å². The number of carbonyl (C=O) groups is 5. The lowest BCUT2D eigenvalue weighted by atomic mass is 9.83. The smallest absolute Gasteiger partial charge is 0.258 e. The molecule has 0 unspecified atom stereocenters. The molecule has 19 nitrogen and oxygen atoms in total. The van der Waals surface area contributed by atoms with E-state index in [1.54, 1.807) is 37.5 Å². The van der Waals surface area contributed by atoms with Crippen LogP contribution < -0.4 is 36.5 Å². The number of aryl methyl sites for hydroxylation is 1. The van der Waals surface area contributed by atoms with E-state index in [9.17, 15) is 33.6 Å². The van der Waals surface area contributed by atoms with E-state index in [1.165, 1.54) is 34.9 Å². The van der Waals surface area contributed by atoms with E-state index >= 15 is 0 Å². The minimum Gasteiger partial charge on any atom is -0.494 e. The molecule has 424 valence electrons. The average Bonchev–Trinajstić information content (AvgIpc) is 3.81. The van der Waals surface area contributed by atoms with Gasteiger partial charge < -0.3 is 46.3 Å². The lowest BCUT2D eigenvalue weighted by molar-refractivity contribution is -0.147. The van der Waals surface area contributed by atoms with Gasteiger partial charge in [0.05, 0.1) is 54.9 Å². The normalized spacial score (nSPS) is 17.6. The van der Waals surface area contributed by atoms with Crippen LogP contribution >= 0.6 is 0 Å². The van der Waals surface area contributed by atoms with Crippen molar-refractivity contribution < 1.29 is 37.8 Å². The first-order valence-corrected chi connectivity index (χ1v) is 27.9. The Balaban J connectivity index is 0.814. The van der Waals surface area contributed by atoms with Crippen molar-refractivity contribution in [2.45, 2.75) is 155 Å². The number of hydrogen-bond acceptors (Lipinski definition) is 13. The molecular weight excluding hydrogens is 1020 g/mol. The van der Waals surface area contributed by atoms with Gasteiger partial charge in [-0.3, -0.25) is 28.7 Å². The quantitative estimate of drug-likeness (QED) is 0.0515. The molecule has 2 bridgehead atoms. The van der Waals surface area contributed by atoms with Gasteiger partial charge in [0, 0.05) is 44.1 Å². The van der Waals surface area contributed by atoms with Crippen molar-refractivity contribution in [1.29, 1.82) is 5.26 Å². The van der Waals surface area contributed by atoms with Gasteiger partial charge in [0.1, 0.15) is 35.8 Å². The average molecular weight is 1100 g/mol. The maximum atomic E-state index is 14.8. The molecule has 0 spiro atoms. The predicted molar refractivity (Wildman–Crippen MR) is 299 cm³/mol. The number of likely N-dealkylation sites (N-methyl/N-ethyl adjacent to an activating group) is 1. The Hall–Kier alpha value is -7.92. The van der Waals surface area contributed by atoms with E-state index in [0.717, 1.165) is 68.1 Å². The first-order chi connectivity index (χ1) is 38.3. The van der Waals surface area contributed by atoms with Crippen LogP contribution in [0.5, 0.6) is 11.6 Å². The Morgan fingerprint density at radius 1 is 0.975 bits per heavy atom. The highest BCUT2D eigenvalue weighted by Gasteiger charge is 2.43. The third-order valence-corrected chi connectivity index (χ3v) is 15.4. The van der Waals surface area contributed by atoms with Crippen LogP contribution in [0.15, 0.2) is 66.9 Å². The minimum atomic E-state index is -0.885. The number of ether oxygens (including phenoxy) is 2. The van der Waals surface area contributed by atoms with E-state index in [1.807, 2.05) is 51.1 Å². The van der Waals surface area contributed by atoms with Gasteiger partial charge in [0.2, 0.25) is 23.6 Å². The molecule has 6 N–H and O–H groups in total. The van der Waals surface area contributed by atoms with Crippen molar-refractivity contribution in [2.24, 2.45) is 5.41 Å². The van der Waals surface area contributed by atoms with E-state index in [0.29, 0.717) is 48.4 Å². The molecule has 3 aromatic carbocycles. The van der Waals surface area contributed by atoms with Gasteiger partial charge in [-0.05, 0) is 111 Å². The van der Waals surface area contributed by atoms with Crippen molar-refractivity contribution in [3.05, 3.63) is 117 Å². The monoisotopic (exact) mass is 1090 g/mol. The third-order valence-electron chi connectivity index (χ3n) is 15.4. The lowest BCUT2D eigenvalue weighted by Crippen LogP contribution is -2.62. The van der Waals surface area contributed by atoms with Crippen LogP contribution in [0, 0.1) is 22.6 Å². The number of anilines is 1. The van der Waals surface area contributed by atoms with Crippen molar-refractivity contribution >= 4 is 35.4 Å². The van der Waals surface area contributed by atoms with Crippen molar-refractivity contribution in [3.8, 4) is 29.0 Å². The van der Waals surface area contributed by atoms with Crippen molar-refractivity contribution in [2.75, 3.05) is 33.0 Å². The molecule has 0 saturated carbocycles. The Bertz CT molecular complexity index is 3130. The number of benzene rings is 3. The Labute approximate surface area is 467 Å². The maximum absolute atomic E-state index is 14.8. The highest BCUT2D eigenvalue weighted by molar-refractivity contribution is 5.96. The molecule has 20 heteroatoms. The summed E-state index contributed by atoms with van der Waals surface area (Å²) >= 11 is 0. The highest BCUT2D eigenvalue weighted by Crippen LogP contribution is 2.36. The Morgan fingerprint density at radius 3 is 2.50 bits per heavy atom. The number of carbonyl (C=O) groups excluding carboxylic acids is 5. The van der Waals surface area contributed by atoms with Gasteiger partial charge in [-0.15, -0.1) is 0 Å². The fraction of sp³-hybridized carbons (Fsp3) is 0.483. The molecule has 2 aromatic heterocycles. The number of rotatable bonds is 19. The fourth-order valence-corrected chi connectivity index (χ4v) is 10.8. The summed E-state index contributed by atoms with van der Waals surface area (Å²) in [5, 5.41) is 27.0. The molecule has 5 aromatic rings.